The zero-order chi connectivity index (χ0) is 22.1. The number of ketones is 1. The molecule has 1 heterocycles. The minimum atomic E-state index is -3.95. The molecule has 3 rings (SSSR count). The first-order valence-electron chi connectivity index (χ1n) is 8.98. The van der Waals surface area contributed by atoms with E-state index in [2.05, 4.69) is 0 Å². The van der Waals surface area contributed by atoms with Gasteiger partial charge in [-0.05, 0) is 36.4 Å². The number of halogens is 1. The molecular formula is C21H19FN2O5S. The highest BCUT2D eigenvalue weighted by Crippen LogP contribution is 2.22. The molecular weight excluding hydrogens is 411 g/mol. The fourth-order valence-corrected chi connectivity index (χ4v) is 4.21. The third kappa shape index (κ3) is 4.30. The van der Waals surface area contributed by atoms with Crippen LogP contribution in [0.1, 0.15) is 31.1 Å². The number of hydrogen-bond donors (Lipinski definition) is 0. The molecule has 2 aromatic carbocycles. The quantitative estimate of drug-likeness (QED) is 0.380. The lowest BCUT2D eigenvalue weighted by Gasteiger charge is -2.17. The molecule has 7 nitrogen and oxygen atoms in total. The van der Waals surface area contributed by atoms with Crippen LogP contribution in [0, 0.1) is 5.82 Å². The molecule has 0 aromatic heterocycles. The number of amides is 2. The van der Waals surface area contributed by atoms with Crippen molar-refractivity contribution in [2.24, 2.45) is 0 Å². The van der Waals surface area contributed by atoms with E-state index in [-0.39, 0.29) is 28.9 Å². The van der Waals surface area contributed by atoms with E-state index in [4.69, 9.17) is 0 Å². The van der Waals surface area contributed by atoms with Crippen LogP contribution in [0.3, 0.4) is 0 Å². The van der Waals surface area contributed by atoms with Gasteiger partial charge in [-0.2, -0.15) is 0 Å². The monoisotopic (exact) mass is 430 g/mol. The smallest absolute Gasteiger partial charge is 0.261 e. The average Bonchev–Trinajstić information content (AvgIpc) is 2.95. The van der Waals surface area contributed by atoms with Crippen molar-refractivity contribution in [1.82, 2.24) is 9.80 Å². The normalized spacial score (nSPS) is 14.1. The van der Waals surface area contributed by atoms with E-state index in [1.807, 2.05) is 0 Å². The molecule has 0 unspecified atom stereocenters. The Morgan fingerprint density at radius 1 is 1.00 bits per heavy atom. The molecule has 0 saturated carbocycles. The Bertz CT molecular complexity index is 1120. The van der Waals surface area contributed by atoms with E-state index < -0.39 is 39.0 Å². The SMILES string of the molecule is CN(C)C(=CS(=O)(=O)CCN1C(=O)c2ccccc2C1=O)C(=O)c1ccc(F)cc1. The number of carbonyl (C=O) groups is 3. The zero-order valence-corrected chi connectivity index (χ0v) is 17.1. The van der Waals surface area contributed by atoms with Crippen molar-refractivity contribution in [2.45, 2.75) is 0 Å². The Labute approximate surface area is 173 Å². The molecule has 0 aliphatic carbocycles. The molecule has 2 amide bonds. The summed E-state index contributed by atoms with van der Waals surface area (Å²) in [4.78, 5) is 39.6. The van der Waals surface area contributed by atoms with Crippen LogP contribution in [0.25, 0.3) is 0 Å². The van der Waals surface area contributed by atoms with E-state index in [0.717, 1.165) is 22.4 Å². The van der Waals surface area contributed by atoms with Gasteiger partial charge in [0, 0.05) is 26.2 Å². The lowest BCUT2D eigenvalue weighted by molar-refractivity contribution is 0.0663. The first-order chi connectivity index (χ1) is 14.1. The molecule has 1 aliphatic heterocycles. The molecule has 1 aliphatic rings. The molecule has 0 bridgehead atoms. The summed E-state index contributed by atoms with van der Waals surface area (Å²) < 4.78 is 38.3. The van der Waals surface area contributed by atoms with Crippen molar-refractivity contribution in [3.63, 3.8) is 0 Å². The highest BCUT2D eigenvalue weighted by Gasteiger charge is 2.35. The molecule has 0 saturated heterocycles. The Morgan fingerprint density at radius 2 is 1.53 bits per heavy atom. The predicted molar refractivity (Wildman–Crippen MR) is 108 cm³/mol. The molecule has 2 aromatic rings. The second-order valence-corrected chi connectivity index (χ2v) is 8.88. The largest absolute Gasteiger partial charge is 0.374 e. The lowest BCUT2D eigenvalue weighted by atomic mass is 10.1. The van der Waals surface area contributed by atoms with Gasteiger partial charge in [0.05, 0.1) is 28.0 Å². The Morgan fingerprint density at radius 3 is 2.03 bits per heavy atom. The van der Waals surface area contributed by atoms with Crippen LogP contribution in [-0.2, 0) is 9.84 Å². The van der Waals surface area contributed by atoms with E-state index in [0.29, 0.717) is 0 Å². The van der Waals surface area contributed by atoms with E-state index in [1.54, 1.807) is 12.1 Å². The third-order valence-electron chi connectivity index (χ3n) is 4.59. The number of rotatable bonds is 7. The summed E-state index contributed by atoms with van der Waals surface area (Å²) in [5, 5.41) is 0.816. The number of benzene rings is 2. The highest BCUT2D eigenvalue weighted by molar-refractivity contribution is 7.94. The van der Waals surface area contributed by atoms with Gasteiger partial charge in [-0.15, -0.1) is 0 Å². The van der Waals surface area contributed by atoms with Crippen LogP contribution < -0.4 is 0 Å². The third-order valence-corrected chi connectivity index (χ3v) is 5.92. The molecule has 9 heteroatoms. The van der Waals surface area contributed by atoms with Crippen LogP contribution in [0.15, 0.2) is 59.6 Å². The maximum absolute atomic E-state index is 13.1. The summed E-state index contributed by atoms with van der Waals surface area (Å²) in [6.07, 6.45) is 0. The van der Waals surface area contributed by atoms with Gasteiger partial charge in [0.15, 0.2) is 9.84 Å². The fourth-order valence-electron chi connectivity index (χ4n) is 3.00. The topological polar surface area (TPSA) is 91.8 Å². The predicted octanol–water partition coefficient (Wildman–Crippen LogP) is 2.12. The molecule has 0 radical (unpaired) electrons. The van der Waals surface area contributed by atoms with Gasteiger partial charge in [0.2, 0.25) is 5.78 Å². The number of allylic oxidation sites excluding steroid dienone is 1. The molecule has 0 atom stereocenters. The maximum Gasteiger partial charge on any atom is 0.261 e. The van der Waals surface area contributed by atoms with Crippen LogP contribution in [0.2, 0.25) is 0 Å². The summed E-state index contributed by atoms with van der Waals surface area (Å²) in [6, 6.07) is 11.0. The van der Waals surface area contributed by atoms with Gasteiger partial charge >= 0.3 is 0 Å². The summed E-state index contributed by atoms with van der Waals surface area (Å²) >= 11 is 0. The lowest BCUT2D eigenvalue weighted by Crippen LogP contribution is -2.34. The van der Waals surface area contributed by atoms with Gasteiger partial charge in [-0.1, -0.05) is 12.1 Å². The van der Waals surface area contributed by atoms with Crippen molar-refractivity contribution in [3.8, 4) is 0 Å². The second kappa shape index (κ2) is 8.19. The van der Waals surface area contributed by atoms with E-state index >= 15 is 0 Å². The number of carbonyl (C=O) groups excluding carboxylic acids is 3. The second-order valence-electron chi connectivity index (χ2n) is 6.91. The highest BCUT2D eigenvalue weighted by atomic mass is 32.2. The number of fused-ring (bicyclic) bond motifs is 1. The first-order valence-corrected chi connectivity index (χ1v) is 10.7. The minimum Gasteiger partial charge on any atom is -0.374 e. The Balaban J connectivity index is 1.79. The molecule has 156 valence electrons. The molecule has 30 heavy (non-hydrogen) atoms. The number of Topliss-reactive ketones (excluding diaryl/α,β-unsaturated/α-hetero) is 1. The van der Waals surface area contributed by atoms with Gasteiger partial charge in [0.1, 0.15) is 5.82 Å². The van der Waals surface area contributed by atoms with Crippen molar-refractivity contribution >= 4 is 27.4 Å². The zero-order valence-electron chi connectivity index (χ0n) is 16.3. The van der Waals surface area contributed by atoms with E-state index in [9.17, 15) is 27.2 Å². The Hall–Kier alpha value is -3.33. The van der Waals surface area contributed by atoms with Crippen molar-refractivity contribution in [1.29, 1.82) is 0 Å². The first kappa shape index (κ1) is 21.4. The van der Waals surface area contributed by atoms with Gasteiger partial charge in [-0.3, -0.25) is 19.3 Å². The van der Waals surface area contributed by atoms with Gasteiger partial charge < -0.3 is 4.90 Å². The van der Waals surface area contributed by atoms with Crippen molar-refractivity contribution in [2.75, 3.05) is 26.4 Å². The standard InChI is InChI=1S/C21H19FN2O5S/c1-23(2)18(19(25)14-7-9-15(22)10-8-14)13-30(28,29)12-11-24-20(26)16-5-3-4-6-17(16)21(24)27/h3-10,13H,11-12H2,1-2H3. The number of likely N-dealkylation sites (N-methyl/N-ethyl adjacent to an activating group) is 1. The van der Waals surface area contributed by atoms with Gasteiger partial charge in [0.25, 0.3) is 11.8 Å². The molecule has 0 N–H and O–H groups in total. The summed E-state index contributed by atoms with van der Waals surface area (Å²) in [5.41, 5.74) is 0.475. The van der Waals surface area contributed by atoms with Crippen LogP contribution in [-0.4, -0.2) is 62.2 Å². The molecule has 0 spiro atoms. The summed E-state index contributed by atoms with van der Waals surface area (Å²) in [7, 11) is -0.940. The fraction of sp³-hybridized carbons (Fsp3) is 0.190. The van der Waals surface area contributed by atoms with E-state index in [1.165, 1.54) is 43.3 Å². The summed E-state index contributed by atoms with van der Waals surface area (Å²) in [5.74, 6) is -2.75. The van der Waals surface area contributed by atoms with Crippen molar-refractivity contribution in [3.05, 3.63) is 82.1 Å². The van der Waals surface area contributed by atoms with Crippen LogP contribution in [0.4, 0.5) is 4.39 Å². The Kier molecular flexibility index (Phi) is 5.84. The average molecular weight is 430 g/mol. The van der Waals surface area contributed by atoms with Crippen molar-refractivity contribution < 1.29 is 27.2 Å². The van der Waals surface area contributed by atoms with Gasteiger partial charge in [-0.25, -0.2) is 12.8 Å². The number of sulfone groups is 1. The molecule has 0 fully saturated rings. The number of hydrogen-bond acceptors (Lipinski definition) is 6. The van der Waals surface area contributed by atoms with Crippen LogP contribution in [0.5, 0.6) is 0 Å². The van der Waals surface area contributed by atoms with Crippen LogP contribution >= 0.6 is 0 Å². The number of imide groups is 1. The maximum atomic E-state index is 13.1. The minimum absolute atomic E-state index is 0.121. The number of nitrogens with zero attached hydrogens (tertiary/aromatic N) is 2. The summed E-state index contributed by atoms with van der Waals surface area (Å²) in [6.45, 7) is -0.337.